The van der Waals surface area contributed by atoms with E-state index in [4.69, 9.17) is 9.15 Å². The van der Waals surface area contributed by atoms with Gasteiger partial charge in [0, 0.05) is 12.1 Å². The molecule has 2 heterocycles. The molecule has 0 spiro atoms. The lowest BCUT2D eigenvalue weighted by Crippen LogP contribution is -2.26. The molecule has 2 aromatic heterocycles. The summed E-state index contributed by atoms with van der Waals surface area (Å²) in [5.74, 6) is -0.0628. The van der Waals surface area contributed by atoms with Gasteiger partial charge in [0.2, 0.25) is 5.89 Å². The number of hydrogen-bond acceptors (Lipinski definition) is 7. The topological polar surface area (TPSA) is 94.3 Å². The maximum atomic E-state index is 11.9. The Balaban J connectivity index is 1.48. The lowest BCUT2D eigenvalue weighted by atomic mass is 10.1. The van der Waals surface area contributed by atoms with Crippen LogP contribution in [0.3, 0.4) is 0 Å². The Morgan fingerprint density at radius 2 is 2.00 bits per heavy atom. The van der Waals surface area contributed by atoms with Crippen molar-refractivity contribution in [3.05, 3.63) is 58.1 Å². The molecule has 0 aliphatic heterocycles. The molecule has 1 unspecified atom stereocenters. The molecule has 0 saturated heterocycles. The van der Waals surface area contributed by atoms with Gasteiger partial charge in [-0.3, -0.25) is 9.59 Å². The molecule has 0 radical (unpaired) electrons. The van der Waals surface area contributed by atoms with Gasteiger partial charge in [-0.25, -0.2) is 0 Å². The Labute approximate surface area is 160 Å². The zero-order valence-electron chi connectivity index (χ0n) is 15.0. The first-order valence-electron chi connectivity index (χ1n) is 8.44. The van der Waals surface area contributed by atoms with Crippen LogP contribution in [0.2, 0.25) is 0 Å². The molecule has 1 atom stereocenters. The number of ether oxygens (including phenoxy) is 1. The standard InChI is InChI=1S/C19H19N3O4S/c1-12-5-7-14(8-6-12)19-22-21-18(26-19)13(2)25-16(23)9-10-20-17(24)15-4-3-11-27-15/h3-8,11,13H,9-10H2,1-2H3,(H,20,24). The minimum absolute atomic E-state index is 0.0560. The number of esters is 1. The Hall–Kier alpha value is -3.00. The number of carbonyl (C=O) groups is 2. The third-order valence-corrected chi connectivity index (χ3v) is 4.62. The van der Waals surface area contributed by atoms with Gasteiger partial charge < -0.3 is 14.5 Å². The van der Waals surface area contributed by atoms with Crippen LogP contribution in [0.1, 0.15) is 40.6 Å². The number of rotatable bonds is 7. The van der Waals surface area contributed by atoms with Gasteiger partial charge in [-0.15, -0.1) is 21.5 Å². The van der Waals surface area contributed by atoms with E-state index in [0.717, 1.165) is 11.1 Å². The van der Waals surface area contributed by atoms with Crippen LogP contribution in [-0.4, -0.2) is 28.6 Å². The smallest absolute Gasteiger partial charge is 0.308 e. The molecule has 0 aliphatic rings. The number of aryl methyl sites for hydroxylation is 1. The summed E-state index contributed by atoms with van der Waals surface area (Å²) in [7, 11) is 0. The number of hydrogen-bond donors (Lipinski definition) is 1. The first-order chi connectivity index (χ1) is 13.0. The number of thiophene rings is 1. The zero-order chi connectivity index (χ0) is 19.2. The Bertz CT molecular complexity index is 903. The van der Waals surface area contributed by atoms with Gasteiger partial charge in [0.15, 0.2) is 6.10 Å². The Morgan fingerprint density at radius 1 is 1.22 bits per heavy atom. The minimum Gasteiger partial charge on any atom is -0.453 e. The molecule has 0 fully saturated rings. The molecule has 1 aromatic carbocycles. The van der Waals surface area contributed by atoms with E-state index >= 15 is 0 Å². The highest BCUT2D eigenvalue weighted by atomic mass is 32.1. The van der Waals surface area contributed by atoms with Crippen molar-refractivity contribution in [1.29, 1.82) is 0 Å². The van der Waals surface area contributed by atoms with E-state index in [0.29, 0.717) is 10.8 Å². The summed E-state index contributed by atoms with van der Waals surface area (Å²) in [6.45, 7) is 3.85. The predicted octanol–water partition coefficient (Wildman–Crippen LogP) is 3.53. The highest BCUT2D eigenvalue weighted by Crippen LogP contribution is 2.22. The van der Waals surface area contributed by atoms with Crippen LogP contribution in [0.15, 0.2) is 46.2 Å². The van der Waals surface area contributed by atoms with Gasteiger partial charge in [0.05, 0.1) is 11.3 Å². The van der Waals surface area contributed by atoms with Crippen LogP contribution in [-0.2, 0) is 9.53 Å². The number of aromatic nitrogens is 2. The van der Waals surface area contributed by atoms with Crippen molar-refractivity contribution >= 4 is 23.2 Å². The lowest BCUT2D eigenvalue weighted by Gasteiger charge is -2.09. The number of amides is 1. The van der Waals surface area contributed by atoms with Gasteiger partial charge in [-0.1, -0.05) is 23.8 Å². The third kappa shape index (κ3) is 5.01. The lowest BCUT2D eigenvalue weighted by molar-refractivity contribution is -0.149. The normalized spacial score (nSPS) is 11.8. The monoisotopic (exact) mass is 385 g/mol. The van der Waals surface area contributed by atoms with E-state index < -0.39 is 12.1 Å². The van der Waals surface area contributed by atoms with Crippen molar-refractivity contribution in [2.24, 2.45) is 0 Å². The molecular formula is C19H19N3O4S. The van der Waals surface area contributed by atoms with Gasteiger partial charge in [0.25, 0.3) is 11.8 Å². The van der Waals surface area contributed by atoms with E-state index in [9.17, 15) is 9.59 Å². The Morgan fingerprint density at radius 3 is 2.70 bits per heavy atom. The second kappa shape index (κ2) is 8.59. The predicted molar refractivity (Wildman–Crippen MR) is 100 cm³/mol. The molecule has 27 heavy (non-hydrogen) atoms. The quantitative estimate of drug-likeness (QED) is 0.625. The molecule has 140 valence electrons. The van der Waals surface area contributed by atoms with Gasteiger partial charge in [-0.2, -0.15) is 0 Å². The summed E-state index contributed by atoms with van der Waals surface area (Å²) in [6.07, 6.45) is -0.613. The zero-order valence-corrected chi connectivity index (χ0v) is 15.8. The number of nitrogens with one attached hydrogen (secondary N) is 1. The van der Waals surface area contributed by atoms with Crippen molar-refractivity contribution < 1.29 is 18.7 Å². The van der Waals surface area contributed by atoms with Gasteiger partial charge >= 0.3 is 5.97 Å². The fraction of sp³-hybridized carbons (Fsp3) is 0.263. The molecule has 8 heteroatoms. The molecular weight excluding hydrogens is 366 g/mol. The number of benzene rings is 1. The second-order valence-corrected chi connectivity index (χ2v) is 6.87. The van der Waals surface area contributed by atoms with E-state index in [1.807, 2.05) is 36.6 Å². The maximum absolute atomic E-state index is 11.9. The molecule has 1 amide bonds. The average molecular weight is 385 g/mol. The fourth-order valence-electron chi connectivity index (χ4n) is 2.29. The summed E-state index contributed by atoms with van der Waals surface area (Å²) >= 11 is 1.34. The van der Waals surface area contributed by atoms with Crippen molar-refractivity contribution in [3.63, 3.8) is 0 Å². The molecule has 7 nitrogen and oxygen atoms in total. The van der Waals surface area contributed by atoms with Crippen LogP contribution in [0.25, 0.3) is 11.5 Å². The third-order valence-electron chi connectivity index (χ3n) is 3.75. The van der Waals surface area contributed by atoms with Crippen molar-refractivity contribution in [2.75, 3.05) is 6.54 Å². The molecule has 0 aliphatic carbocycles. The number of nitrogens with zero attached hydrogens (tertiary/aromatic N) is 2. The number of carbonyl (C=O) groups excluding carboxylic acids is 2. The van der Waals surface area contributed by atoms with Crippen LogP contribution < -0.4 is 5.32 Å². The fourth-order valence-corrected chi connectivity index (χ4v) is 2.93. The van der Waals surface area contributed by atoms with E-state index in [2.05, 4.69) is 15.5 Å². The van der Waals surface area contributed by atoms with E-state index in [-0.39, 0.29) is 24.8 Å². The molecule has 3 rings (SSSR count). The molecule has 3 aromatic rings. The van der Waals surface area contributed by atoms with Crippen LogP contribution in [0, 0.1) is 6.92 Å². The SMILES string of the molecule is Cc1ccc(-c2nnc(C(C)OC(=O)CCNC(=O)c3cccs3)o2)cc1. The largest absolute Gasteiger partial charge is 0.453 e. The highest BCUT2D eigenvalue weighted by molar-refractivity contribution is 7.12. The summed E-state index contributed by atoms with van der Waals surface area (Å²) in [6, 6.07) is 11.2. The van der Waals surface area contributed by atoms with Crippen molar-refractivity contribution in [1.82, 2.24) is 15.5 Å². The summed E-state index contributed by atoms with van der Waals surface area (Å²) < 4.78 is 10.9. The first kappa shape index (κ1) is 18.8. The highest BCUT2D eigenvalue weighted by Gasteiger charge is 2.19. The summed E-state index contributed by atoms with van der Waals surface area (Å²) in [5.41, 5.74) is 1.93. The maximum Gasteiger partial charge on any atom is 0.308 e. The summed E-state index contributed by atoms with van der Waals surface area (Å²) in [5, 5.41) is 12.4. The van der Waals surface area contributed by atoms with Gasteiger partial charge in [0.1, 0.15) is 0 Å². The van der Waals surface area contributed by atoms with Crippen LogP contribution in [0.4, 0.5) is 0 Å². The van der Waals surface area contributed by atoms with Gasteiger partial charge in [-0.05, 0) is 37.4 Å². The Kier molecular flexibility index (Phi) is 5.97. The first-order valence-corrected chi connectivity index (χ1v) is 9.32. The summed E-state index contributed by atoms with van der Waals surface area (Å²) in [4.78, 5) is 24.4. The van der Waals surface area contributed by atoms with Crippen molar-refractivity contribution in [2.45, 2.75) is 26.4 Å². The van der Waals surface area contributed by atoms with Crippen LogP contribution in [0.5, 0.6) is 0 Å². The van der Waals surface area contributed by atoms with Crippen LogP contribution >= 0.6 is 11.3 Å². The van der Waals surface area contributed by atoms with E-state index in [1.165, 1.54) is 11.3 Å². The minimum atomic E-state index is -0.669. The second-order valence-electron chi connectivity index (χ2n) is 5.93. The average Bonchev–Trinajstić information content (AvgIpc) is 3.34. The van der Waals surface area contributed by atoms with E-state index in [1.54, 1.807) is 19.1 Å². The molecule has 1 N–H and O–H groups in total. The molecule has 0 saturated carbocycles. The van der Waals surface area contributed by atoms with Crippen molar-refractivity contribution in [3.8, 4) is 11.5 Å². The molecule has 0 bridgehead atoms.